The summed E-state index contributed by atoms with van der Waals surface area (Å²) < 4.78 is 1.53. The van der Waals surface area contributed by atoms with Crippen LogP contribution in [0, 0.1) is 10.1 Å². The van der Waals surface area contributed by atoms with Gasteiger partial charge in [0.25, 0.3) is 0 Å². The van der Waals surface area contributed by atoms with Crippen molar-refractivity contribution in [3.05, 3.63) is 45.9 Å². The van der Waals surface area contributed by atoms with Crippen molar-refractivity contribution in [2.45, 2.75) is 19.8 Å². The lowest BCUT2D eigenvalue weighted by atomic mass is 10.2. The highest BCUT2D eigenvalue weighted by atomic mass is 16.6. The highest BCUT2D eigenvalue weighted by Crippen LogP contribution is 2.28. The Balaban J connectivity index is 2.09. The van der Waals surface area contributed by atoms with Gasteiger partial charge in [-0.15, -0.1) is 0 Å². The van der Waals surface area contributed by atoms with Gasteiger partial charge in [0.05, 0.1) is 4.92 Å². The fraction of sp³-hybridized carbons (Fsp3) is 0.385. The topological polar surface area (TPSA) is 85.9 Å². The minimum Gasteiger partial charge on any atom is -0.364 e. The van der Waals surface area contributed by atoms with E-state index in [1.807, 2.05) is 19.1 Å². The number of aryl methyl sites for hydroxylation is 2. The molecule has 0 radical (unpaired) electrons. The van der Waals surface area contributed by atoms with Gasteiger partial charge in [0.2, 0.25) is 5.82 Å². The van der Waals surface area contributed by atoms with Gasteiger partial charge in [-0.25, -0.2) is 4.68 Å². The smallest absolute Gasteiger partial charge is 0.333 e. The molecule has 2 rings (SSSR count). The Hall–Kier alpha value is -2.44. The van der Waals surface area contributed by atoms with E-state index >= 15 is 0 Å². The van der Waals surface area contributed by atoms with Crippen LogP contribution in [-0.2, 0) is 19.9 Å². The largest absolute Gasteiger partial charge is 0.364 e. The van der Waals surface area contributed by atoms with Gasteiger partial charge in [-0.2, -0.15) is 5.10 Å². The molecular formula is C13H17N5O2. The maximum Gasteiger partial charge on any atom is 0.333 e. The number of hydrogen-bond donors (Lipinski definition) is 1. The van der Waals surface area contributed by atoms with Crippen molar-refractivity contribution in [3.8, 4) is 0 Å². The molecule has 106 valence electrons. The van der Waals surface area contributed by atoms with E-state index in [1.165, 1.54) is 4.68 Å². The van der Waals surface area contributed by atoms with Gasteiger partial charge in [0.15, 0.2) is 0 Å². The Morgan fingerprint density at radius 3 is 2.70 bits per heavy atom. The molecule has 2 aromatic rings. The maximum atomic E-state index is 11.2. The number of hydrogen-bond acceptors (Lipinski definition) is 5. The second-order valence-electron chi connectivity index (χ2n) is 4.41. The van der Waals surface area contributed by atoms with Crippen LogP contribution < -0.4 is 5.32 Å². The third kappa shape index (κ3) is 2.93. The zero-order valence-corrected chi connectivity index (χ0v) is 11.5. The van der Waals surface area contributed by atoms with E-state index in [9.17, 15) is 10.1 Å². The van der Waals surface area contributed by atoms with E-state index in [0.717, 1.165) is 12.0 Å². The molecule has 0 bridgehead atoms. The van der Waals surface area contributed by atoms with E-state index < -0.39 is 0 Å². The van der Waals surface area contributed by atoms with Crippen molar-refractivity contribution < 1.29 is 4.92 Å². The molecule has 0 saturated heterocycles. The van der Waals surface area contributed by atoms with Crippen LogP contribution in [0.5, 0.6) is 0 Å². The summed E-state index contributed by atoms with van der Waals surface area (Å²) in [5.41, 5.74) is 1.71. The van der Waals surface area contributed by atoms with Crippen molar-refractivity contribution in [1.29, 1.82) is 0 Å². The average Bonchev–Trinajstić information content (AvgIpc) is 2.77. The molecule has 0 spiro atoms. The Morgan fingerprint density at radius 2 is 2.10 bits per heavy atom. The van der Waals surface area contributed by atoms with E-state index in [-0.39, 0.29) is 10.6 Å². The molecule has 0 fully saturated rings. The number of nitrogens with zero attached hydrogens (tertiary/aromatic N) is 4. The molecule has 0 amide bonds. The number of nitro groups is 1. The summed E-state index contributed by atoms with van der Waals surface area (Å²) in [6, 6.07) is 3.85. The normalized spacial score (nSPS) is 10.5. The first-order valence-electron chi connectivity index (χ1n) is 6.46. The van der Waals surface area contributed by atoms with E-state index in [1.54, 1.807) is 19.4 Å². The standard InChI is InChI=1S/C13H17N5O2/c1-3-11-12(18(19)20)13(17(2)16-11)15-9-6-10-4-7-14-8-5-10/h4-5,7-8,15H,3,6,9H2,1-2H3. The molecule has 0 aliphatic rings. The van der Waals surface area contributed by atoms with Gasteiger partial charge < -0.3 is 5.32 Å². The van der Waals surface area contributed by atoms with Crippen LogP contribution in [0.25, 0.3) is 0 Å². The number of aromatic nitrogens is 3. The van der Waals surface area contributed by atoms with Crippen LogP contribution in [0.15, 0.2) is 24.5 Å². The zero-order valence-electron chi connectivity index (χ0n) is 11.5. The first-order valence-corrected chi connectivity index (χ1v) is 6.46. The van der Waals surface area contributed by atoms with Gasteiger partial charge >= 0.3 is 5.69 Å². The molecule has 2 heterocycles. The second kappa shape index (κ2) is 6.14. The van der Waals surface area contributed by atoms with Crippen LogP contribution in [0.3, 0.4) is 0 Å². The summed E-state index contributed by atoms with van der Waals surface area (Å²) in [7, 11) is 1.71. The Labute approximate surface area is 116 Å². The zero-order chi connectivity index (χ0) is 14.5. The lowest BCUT2D eigenvalue weighted by Gasteiger charge is -2.06. The van der Waals surface area contributed by atoms with Crippen molar-refractivity contribution in [2.75, 3.05) is 11.9 Å². The van der Waals surface area contributed by atoms with E-state index in [2.05, 4.69) is 15.4 Å². The first-order chi connectivity index (χ1) is 9.63. The summed E-state index contributed by atoms with van der Waals surface area (Å²) in [5.74, 6) is 0.459. The molecule has 7 nitrogen and oxygen atoms in total. The fourth-order valence-electron chi connectivity index (χ4n) is 2.07. The SMILES string of the molecule is CCc1nn(C)c(NCCc2ccncc2)c1[N+](=O)[O-]. The fourth-order valence-corrected chi connectivity index (χ4v) is 2.07. The van der Waals surface area contributed by atoms with Crippen LogP contribution >= 0.6 is 0 Å². The van der Waals surface area contributed by atoms with Crippen LogP contribution in [0.4, 0.5) is 11.5 Å². The number of pyridine rings is 1. The average molecular weight is 275 g/mol. The van der Waals surface area contributed by atoms with Gasteiger partial charge in [-0.05, 0) is 30.5 Å². The molecule has 7 heteroatoms. The Morgan fingerprint density at radius 1 is 1.40 bits per heavy atom. The molecule has 0 saturated carbocycles. The van der Waals surface area contributed by atoms with Crippen LogP contribution in [0.2, 0.25) is 0 Å². The second-order valence-corrected chi connectivity index (χ2v) is 4.41. The summed E-state index contributed by atoms with van der Waals surface area (Å²) in [6.07, 6.45) is 4.77. The highest BCUT2D eigenvalue weighted by molar-refractivity contribution is 5.59. The highest BCUT2D eigenvalue weighted by Gasteiger charge is 2.25. The van der Waals surface area contributed by atoms with Crippen LogP contribution in [-0.4, -0.2) is 26.2 Å². The quantitative estimate of drug-likeness (QED) is 0.643. The molecule has 0 aromatic carbocycles. The molecule has 20 heavy (non-hydrogen) atoms. The van der Waals surface area contributed by atoms with Crippen molar-refractivity contribution in [1.82, 2.24) is 14.8 Å². The summed E-state index contributed by atoms with van der Waals surface area (Å²) in [5, 5.41) is 18.4. The third-order valence-corrected chi connectivity index (χ3v) is 3.06. The number of anilines is 1. The van der Waals surface area contributed by atoms with Crippen molar-refractivity contribution >= 4 is 11.5 Å². The summed E-state index contributed by atoms with van der Waals surface area (Å²) >= 11 is 0. The maximum absolute atomic E-state index is 11.2. The van der Waals surface area contributed by atoms with Crippen molar-refractivity contribution in [2.24, 2.45) is 7.05 Å². The first kappa shape index (κ1) is 14.0. The minimum atomic E-state index is -0.374. The van der Waals surface area contributed by atoms with E-state index in [4.69, 9.17) is 0 Å². The number of rotatable bonds is 6. The molecular weight excluding hydrogens is 258 g/mol. The summed E-state index contributed by atoms with van der Waals surface area (Å²) in [6.45, 7) is 2.46. The van der Waals surface area contributed by atoms with Gasteiger partial charge in [-0.1, -0.05) is 6.92 Å². The minimum absolute atomic E-state index is 0.0738. The summed E-state index contributed by atoms with van der Waals surface area (Å²) in [4.78, 5) is 14.7. The number of nitrogens with one attached hydrogen (secondary N) is 1. The monoisotopic (exact) mass is 275 g/mol. The van der Waals surface area contributed by atoms with Gasteiger partial charge in [0, 0.05) is 26.0 Å². The lowest BCUT2D eigenvalue weighted by molar-refractivity contribution is -0.384. The van der Waals surface area contributed by atoms with E-state index in [0.29, 0.717) is 24.5 Å². The molecule has 2 aromatic heterocycles. The predicted molar refractivity (Wildman–Crippen MR) is 75.7 cm³/mol. The Kier molecular flexibility index (Phi) is 4.29. The Bertz CT molecular complexity index is 594. The van der Waals surface area contributed by atoms with Gasteiger partial charge in [0.1, 0.15) is 5.69 Å². The molecule has 1 N–H and O–H groups in total. The molecule has 0 atom stereocenters. The molecule has 0 aliphatic heterocycles. The van der Waals surface area contributed by atoms with Crippen LogP contribution in [0.1, 0.15) is 18.2 Å². The van der Waals surface area contributed by atoms with Gasteiger partial charge in [-0.3, -0.25) is 15.1 Å². The molecule has 0 unspecified atom stereocenters. The van der Waals surface area contributed by atoms with Crippen molar-refractivity contribution in [3.63, 3.8) is 0 Å². The third-order valence-electron chi connectivity index (χ3n) is 3.06. The molecule has 0 aliphatic carbocycles. The lowest BCUT2D eigenvalue weighted by Crippen LogP contribution is -2.10. The predicted octanol–water partition coefficient (Wildman–Crippen LogP) is 1.94.